The minimum atomic E-state index is -1.03. The number of benzene rings is 2. The van der Waals surface area contributed by atoms with Crippen LogP contribution in [-0.4, -0.2) is 8.96 Å². The van der Waals surface area contributed by atoms with Gasteiger partial charge in [0.15, 0.2) is 0 Å². The normalized spacial score (nSPS) is 18.5. The fraction of sp³-hybridized carbons (Fsp3) is 0.154. The molecular formula is C26H27FeOPS+2. The molecule has 154 valence electrons. The molecule has 0 aliphatic heterocycles. The largest absolute Gasteiger partial charge is 2.00 e. The smallest absolute Gasteiger partial charge is 0.258 e. The Kier molecular flexibility index (Phi) is 10.8. The first-order valence-corrected chi connectivity index (χ1v) is 12.2. The SMILES string of the molecule is CC(C)(C)[S@@](=O)[C]1[CH][CH][CH][C]1P(c1ccccc1)c1ccccc1.[CH]1[CH][CH][CH][CH]1.[Fe+2]. The molecule has 0 amide bonds. The fourth-order valence-electron chi connectivity index (χ4n) is 2.97. The van der Waals surface area contributed by atoms with Gasteiger partial charge in [0.05, 0.1) is 5.25 Å². The Hall–Kier alpha value is -0.461. The maximum absolute atomic E-state index is 13.0. The number of rotatable bonds is 4. The van der Waals surface area contributed by atoms with Crippen molar-refractivity contribution in [3.8, 4) is 0 Å². The first-order valence-electron chi connectivity index (χ1n) is 9.73. The standard InChI is InChI=1S/C21H22OPS.C5H5.Fe/c1-21(2,3)24(22)20-16-10-15-19(20)23(17-11-6-4-7-12-17)18-13-8-5-9-14-18;1-2-4-5-3-1;/h4-16H,1-3H3;1-5H;/q;;+2/t24-;;/m0../s1. The van der Waals surface area contributed by atoms with E-state index in [9.17, 15) is 4.21 Å². The van der Waals surface area contributed by atoms with Gasteiger partial charge < -0.3 is 0 Å². The van der Waals surface area contributed by atoms with Crippen molar-refractivity contribution in [3.05, 3.63) is 123 Å². The van der Waals surface area contributed by atoms with E-state index in [1.54, 1.807) is 0 Å². The maximum atomic E-state index is 13.0. The predicted molar refractivity (Wildman–Crippen MR) is 128 cm³/mol. The van der Waals surface area contributed by atoms with E-state index in [0.717, 1.165) is 5.25 Å². The van der Waals surface area contributed by atoms with Crippen molar-refractivity contribution in [2.45, 2.75) is 25.5 Å². The van der Waals surface area contributed by atoms with Gasteiger partial charge in [-0.25, -0.2) is 0 Å². The van der Waals surface area contributed by atoms with Crippen LogP contribution in [0, 0.1) is 62.3 Å². The van der Waals surface area contributed by atoms with Crippen molar-refractivity contribution in [2.75, 3.05) is 0 Å². The molecule has 2 aromatic rings. The molecule has 30 heavy (non-hydrogen) atoms. The molecule has 2 aliphatic rings. The molecule has 0 N–H and O–H groups in total. The molecule has 0 bridgehead atoms. The van der Waals surface area contributed by atoms with Crippen LogP contribution >= 0.6 is 7.92 Å². The molecule has 2 aromatic carbocycles. The first-order chi connectivity index (χ1) is 14.0. The molecule has 1 atom stereocenters. The van der Waals surface area contributed by atoms with Crippen molar-refractivity contribution >= 4 is 29.3 Å². The average Bonchev–Trinajstić information content (AvgIpc) is 3.44. The Bertz CT molecular complexity index is 708. The molecule has 2 fully saturated rings. The molecule has 2 aliphatic carbocycles. The van der Waals surface area contributed by atoms with E-state index in [4.69, 9.17) is 0 Å². The van der Waals surface area contributed by atoms with Crippen LogP contribution < -0.4 is 10.6 Å². The second-order valence-electron chi connectivity index (χ2n) is 7.63. The Morgan fingerprint density at radius 3 is 1.50 bits per heavy atom. The van der Waals surface area contributed by atoms with Crippen molar-refractivity contribution in [1.29, 1.82) is 0 Å². The number of hydrogen-bond acceptors (Lipinski definition) is 1. The van der Waals surface area contributed by atoms with E-state index in [1.807, 2.05) is 77.8 Å². The maximum Gasteiger partial charge on any atom is 2.00 e. The molecule has 1 nitrogen and oxygen atoms in total. The predicted octanol–water partition coefficient (Wildman–Crippen LogP) is 5.38. The average molecular weight is 474 g/mol. The molecule has 0 spiro atoms. The van der Waals surface area contributed by atoms with Crippen LogP contribution in [0.4, 0.5) is 0 Å². The third-order valence-corrected chi connectivity index (χ3v) is 8.86. The molecule has 4 heteroatoms. The van der Waals surface area contributed by atoms with E-state index >= 15 is 0 Å². The monoisotopic (exact) mass is 474 g/mol. The van der Waals surface area contributed by atoms with Gasteiger partial charge in [-0.05, 0) is 90.7 Å². The van der Waals surface area contributed by atoms with Crippen molar-refractivity contribution < 1.29 is 21.3 Å². The topological polar surface area (TPSA) is 17.1 Å². The summed E-state index contributed by atoms with van der Waals surface area (Å²) in [5, 5.41) is 3.55. The summed E-state index contributed by atoms with van der Waals surface area (Å²) in [4.78, 5) is 0. The molecular weight excluding hydrogens is 447 g/mol. The van der Waals surface area contributed by atoms with Gasteiger partial charge in [-0.1, -0.05) is 60.7 Å². The molecule has 0 unspecified atom stereocenters. The minimum Gasteiger partial charge on any atom is -0.258 e. The zero-order valence-electron chi connectivity index (χ0n) is 17.5. The Balaban J connectivity index is 0.000000468. The van der Waals surface area contributed by atoms with Crippen LogP contribution in [0.1, 0.15) is 20.8 Å². The van der Waals surface area contributed by atoms with E-state index in [2.05, 4.69) is 55.0 Å². The van der Waals surface area contributed by atoms with E-state index in [1.165, 1.54) is 16.3 Å². The van der Waals surface area contributed by atoms with Gasteiger partial charge in [0, 0.05) is 21.2 Å². The zero-order valence-corrected chi connectivity index (χ0v) is 20.3. The van der Waals surface area contributed by atoms with Crippen LogP contribution in [0.5, 0.6) is 0 Å². The van der Waals surface area contributed by atoms with Gasteiger partial charge in [-0.3, -0.25) is 4.21 Å². The van der Waals surface area contributed by atoms with Gasteiger partial charge in [-0.2, -0.15) is 0 Å². The zero-order chi connectivity index (χ0) is 20.7. The molecule has 0 heterocycles. The van der Waals surface area contributed by atoms with Crippen LogP contribution in [0.3, 0.4) is 0 Å². The number of hydrogen-bond donors (Lipinski definition) is 0. The summed E-state index contributed by atoms with van der Waals surface area (Å²) >= 11 is 0. The molecule has 4 rings (SSSR count). The molecule has 0 saturated heterocycles. The van der Waals surface area contributed by atoms with Gasteiger partial charge in [0.1, 0.15) is 0 Å². The Morgan fingerprint density at radius 2 is 1.10 bits per heavy atom. The minimum absolute atomic E-state index is 0. The van der Waals surface area contributed by atoms with Crippen molar-refractivity contribution in [3.63, 3.8) is 0 Å². The second-order valence-corrected chi connectivity index (χ2v) is 12.0. The summed E-state index contributed by atoms with van der Waals surface area (Å²) in [6, 6.07) is 21.1. The van der Waals surface area contributed by atoms with E-state index in [-0.39, 0.29) is 21.8 Å². The van der Waals surface area contributed by atoms with Gasteiger partial charge in [0.25, 0.3) is 0 Å². The van der Waals surface area contributed by atoms with Gasteiger partial charge >= 0.3 is 17.1 Å². The summed E-state index contributed by atoms with van der Waals surface area (Å²) in [6.07, 6.45) is 16.2. The first kappa shape index (κ1) is 25.8. The second kappa shape index (κ2) is 12.5. The molecule has 10 radical (unpaired) electrons. The van der Waals surface area contributed by atoms with E-state index in [0.29, 0.717) is 0 Å². The van der Waals surface area contributed by atoms with Gasteiger partial charge in [-0.15, -0.1) is 0 Å². The van der Waals surface area contributed by atoms with E-state index < -0.39 is 18.7 Å². The van der Waals surface area contributed by atoms with Gasteiger partial charge in [0.2, 0.25) is 0 Å². The third kappa shape index (κ3) is 7.03. The Morgan fingerprint density at radius 1 is 0.667 bits per heavy atom. The summed E-state index contributed by atoms with van der Waals surface area (Å²) < 4.78 is 12.8. The van der Waals surface area contributed by atoms with Crippen LogP contribution in [0.25, 0.3) is 0 Å². The Labute approximate surface area is 198 Å². The third-order valence-electron chi connectivity index (χ3n) is 4.34. The fourth-order valence-corrected chi connectivity index (χ4v) is 6.94. The molecule has 2 saturated carbocycles. The summed E-state index contributed by atoms with van der Waals surface area (Å²) in [6.45, 7) is 6.10. The van der Waals surface area contributed by atoms with Crippen LogP contribution in [0.15, 0.2) is 60.7 Å². The van der Waals surface area contributed by atoms with Crippen molar-refractivity contribution in [2.24, 2.45) is 0 Å². The molecule has 0 aromatic heterocycles. The summed E-state index contributed by atoms with van der Waals surface area (Å²) in [5.41, 5.74) is 1.20. The summed E-state index contributed by atoms with van der Waals surface area (Å²) in [5.74, 6) is 0. The van der Waals surface area contributed by atoms with Crippen LogP contribution in [0.2, 0.25) is 0 Å². The summed E-state index contributed by atoms with van der Waals surface area (Å²) in [7, 11) is -1.74. The van der Waals surface area contributed by atoms with Crippen molar-refractivity contribution in [1.82, 2.24) is 0 Å². The quantitative estimate of drug-likeness (QED) is 0.430. The van der Waals surface area contributed by atoms with Crippen LogP contribution in [-0.2, 0) is 27.9 Å².